The molecule has 16 heavy (non-hydrogen) atoms. The fourth-order valence-corrected chi connectivity index (χ4v) is 5.91. The Morgan fingerprint density at radius 1 is 0.688 bits per heavy atom. The van der Waals surface area contributed by atoms with Crippen molar-refractivity contribution in [2.45, 2.75) is 17.4 Å². The molecule has 0 fully saturated rings. The molecule has 0 unspecified atom stereocenters. The van der Waals surface area contributed by atoms with E-state index in [1.54, 1.807) is 67.8 Å². The number of nitrogens with zero attached hydrogens (tertiary/aromatic N) is 4. The predicted molar refractivity (Wildman–Crippen MR) is 75.1 cm³/mol. The van der Waals surface area contributed by atoms with Crippen molar-refractivity contribution in [1.82, 2.24) is 20.4 Å². The van der Waals surface area contributed by atoms with Gasteiger partial charge in [-0.25, -0.2) is 0 Å². The average molecular weight is 327 g/mol. The molecule has 2 aromatic rings. The summed E-state index contributed by atoms with van der Waals surface area (Å²) in [6.45, 7) is 0. The minimum Gasteiger partial charge on any atom is -0.131 e. The van der Waals surface area contributed by atoms with Gasteiger partial charge in [0.15, 0.2) is 17.4 Å². The summed E-state index contributed by atoms with van der Waals surface area (Å²) in [5.74, 6) is 0. The molecule has 0 spiro atoms. The summed E-state index contributed by atoms with van der Waals surface area (Å²) < 4.78 is 3.89. The Balaban J connectivity index is 1.91. The lowest BCUT2D eigenvalue weighted by Gasteiger charge is -1.88. The van der Waals surface area contributed by atoms with Gasteiger partial charge in [0, 0.05) is 0 Å². The number of thioether (sulfide) groups is 2. The Morgan fingerprint density at radius 2 is 1.06 bits per heavy atom. The minimum absolute atomic E-state index is 0.954. The number of hydrogen-bond acceptors (Lipinski definition) is 10. The fraction of sp³-hybridized carbons (Fsp3) is 0.333. The third-order valence-corrected chi connectivity index (χ3v) is 8.06. The molecular formula is C6H6N4S6. The monoisotopic (exact) mass is 326 g/mol. The van der Waals surface area contributed by atoms with Crippen molar-refractivity contribution in [2.24, 2.45) is 0 Å². The first-order valence-electron chi connectivity index (χ1n) is 3.91. The molecule has 10 heteroatoms. The van der Waals surface area contributed by atoms with E-state index >= 15 is 0 Å². The van der Waals surface area contributed by atoms with Crippen LogP contribution >= 0.6 is 67.8 Å². The van der Waals surface area contributed by atoms with E-state index in [-0.39, 0.29) is 0 Å². The Hall–Kier alpha value is 0.520. The van der Waals surface area contributed by atoms with Crippen molar-refractivity contribution in [1.29, 1.82) is 0 Å². The zero-order valence-electron chi connectivity index (χ0n) is 8.24. The zero-order valence-corrected chi connectivity index (χ0v) is 13.1. The molecule has 2 rings (SSSR count). The van der Waals surface area contributed by atoms with Gasteiger partial charge < -0.3 is 0 Å². The van der Waals surface area contributed by atoms with Crippen LogP contribution in [0.1, 0.15) is 0 Å². The first kappa shape index (κ1) is 13.0. The normalized spacial score (nSPS) is 10.9. The van der Waals surface area contributed by atoms with Gasteiger partial charge in [0.2, 0.25) is 0 Å². The molecular weight excluding hydrogens is 320 g/mol. The van der Waals surface area contributed by atoms with Crippen LogP contribution < -0.4 is 0 Å². The lowest BCUT2D eigenvalue weighted by Crippen LogP contribution is -1.70. The second-order valence-electron chi connectivity index (χ2n) is 2.24. The topological polar surface area (TPSA) is 51.6 Å². The molecule has 0 atom stereocenters. The lowest BCUT2D eigenvalue weighted by molar-refractivity contribution is 0.955. The van der Waals surface area contributed by atoms with Crippen LogP contribution in [0.2, 0.25) is 0 Å². The van der Waals surface area contributed by atoms with E-state index in [1.165, 1.54) is 0 Å². The van der Waals surface area contributed by atoms with Gasteiger partial charge >= 0.3 is 0 Å². The van der Waals surface area contributed by atoms with Gasteiger partial charge in [-0.3, -0.25) is 0 Å². The molecule has 0 radical (unpaired) electrons. The van der Waals surface area contributed by atoms with Crippen LogP contribution in [0.25, 0.3) is 0 Å². The Bertz CT molecular complexity index is 411. The molecule has 0 aromatic carbocycles. The number of hydrogen-bond donors (Lipinski definition) is 0. The average Bonchev–Trinajstić information content (AvgIpc) is 2.95. The van der Waals surface area contributed by atoms with Gasteiger partial charge in [-0.15, -0.1) is 20.4 Å². The van der Waals surface area contributed by atoms with Crippen LogP contribution in [0, 0.1) is 0 Å². The van der Waals surface area contributed by atoms with E-state index in [0.717, 1.165) is 17.4 Å². The molecule has 0 saturated heterocycles. The van der Waals surface area contributed by atoms with Crippen molar-refractivity contribution in [3.63, 3.8) is 0 Å². The number of aromatic nitrogens is 4. The number of rotatable bonds is 5. The van der Waals surface area contributed by atoms with Crippen molar-refractivity contribution < 1.29 is 0 Å². The standard InChI is InChI=1S/C6H6N4S6/c1-11-3-7-9-5(13-3)15-16-6-10-8-4(12-2)14-6/h1-2H3. The molecule has 0 bridgehead atoms. The fourth-order valence-electron chi connectivity index (χ4n) is 0.698. The smallest absolute Gasteiger partial charge is 0.131 e. The quantitative estimate of drug-likeness (QED) is 0.610. The molecule has 0 N–H and O–H groups in total. The summed E-state index contributed by atoms with van der Waals surface area (Å²) in [6, 6.07) is 0. The Morgan fingerprint density at radius 3 is 1.38 bits per heavy atom. The second-order valence-corrected chi connectivity index (χ2v) is 8.93. The van der Waals surface area contributed by atoms with Crippen LogP contribution in [0.4, 0.5) is 0 Å². The molecule has 4 nitrogen and oxygen atoms in total. The molecule has 0 aliphatic rings. The van der Waals surface area contributed by atoms with Crippen LogP contribution in [0.5, 0.6) is 0 Å². The van der Waals surface area contributed by atoms with Gasteiger partial charge in [0.1, 0.15) is 0 Å². The van der Waals surface area contributed by atoms with Crippen molar-refractivity contribution in [2.75, 3.05) is 12.5 Å². The van der Waals surface area contributed by atoms with Gasteiger partial charge in [-0.2, -0.15) is 0 Å². The molecule has 86 valence electrons. The van der Waals surface area contributed by atoms with Crippen LogP contribution in [0.15, 0.2) is 17.4 Å². The van der Waals surface area contributed by atoms with Crippen molar-refractivity contribution >= 4 is 67.8 Å². The SMILES string of the molecule is CSc1nnc(SSc2nnc(SC)s2)s1. The van der Waals surface area contributed by atoms with E-state index < -0.39 is 0 Å². The molecule has 2 aromatic heterocycles. The van der Waals surface area contributed by atoms with E-state index in [0.29, 0.717) is 0 Å². The second kappa shape index (κ2) is 6.45. The maximum Gasteiger partial charge on any atom is 0.186 e. The molecule has 0 aliphatic heterocycles. The largest absolute Gasteiger partial charge is 0.186 e. The molecule has 0 aliphatic carbocycles. The Kier molecular flexibility index (Phi) is 5.23. The predicted octanol–water partition coefficient (Wildman–Crippen LogP) is 3.63. The zero-order chi connectivity index (χ0) is 11.4. The first-order chi connectivity index (χ1) is 7.81. The van der Waals surface area contributed by atoms with Crippen LogP contribution in [-0.4, -0.2) is 32.9 Å². The van der Waals surface area contributed by atoms with Crippen molar-refractivity contribution in [3.05, 3.63) is 0 Å². The summed E-state index contributed by atoms with van der Waals surface area (Å²) in [7, 11) is 3.16. The Labute approximate surface area is 117 Å². The third-order valence-electron chi connectivity index (χ3n) is 1.31. The molecule has 0 saturated carbocycles. The first-order valence-corrected chi connectivity index (χ1v) is 10.1. The summed E-state index contributed by atoms with van der Waals surface area (Å²) in [5, 5.41) is 16.2. The highest BCUT2D eigenvalue weighted by Crippen LogP contribution is 2.41. The maximum absolute atomic E-state index is 4.07. The molecule has 2 heterocycles. The van der Waals surface area contributed by atoms with Gasteiger partial charge in [0.25, 0.3) is 0 Å². The maximum atomic E-state index is 4.07. The van der Waals surface area contributed by atoms with Gasteiger partial charge in [0.05, 0.1) is 0 Å². The summed E-state index contributed by atoms with van der Waals surface area (Å²) in [6.07, 6.45) is 4.00. The van der Waals surface area contributed by atoms with Crippen LogP contribution in [-0.2, 0) is 0 Å². The highest BCUT2D eigenvalue weighted by atomic mass is 33.1. The highest BCUT2D eigenvalue weighted by molar-refractivity contribution is 8.77. The van der Waals surface area contributed by atoms with E-state index in [4.69, 9.17) is 0 Å². The van der Waals surface area contributed by atoms with E-state index in [9.17, 15) is 0 Å². The lowest BCUT2D eigenvalue weighted by atomic mass is 11.6. The van der Waals surface area contributed by atoms with E-state index in [1.807, 2.05) is 12.5 Å². The summed E-state index contributed by atoms with van der Waals surface area (Å²) in [4.78, 5) is 0. The molecule has 0 amide bonds. The summed E-state index contributed by atoms with van der Waals surface area (Å²) >= 11 is 6.42. The van der Waals surface area contributed by atoms with Crippen molar-refractivity contribution in [3.8, 4) is 0 Å². The third kappa shape index (κ3) is 3.50. The highest BCUT2D eigenvalue weighted by Gasteiger charge is 2.08. The van der Waals surface area contributed by atoms with Gasteiger partial charge in [-0.1, -0.05) is 46.2 Å². The van der Waals surface area contributed by atoms with Gasteiger partial charge in [-0.05, 0) is 34.1 Å². The summed E-state index contributed by atoms with van der Waals surface area (Å²) in [5.41, 5.74) is 0. The van der Waals surface area contributed by atoms with E-state index in [2.05, 4.69) is 20.4 Å². The minimum atomic E-state index is 0.954. The van der Waals surface area contributed by atoms with Crippen LogP contribution in [0.3, 0.4) is 0 Å².